The molecule has 2 aliphatic rings. The average molecular weight is 480 g/mol. The molecule has 2 aliphatic heterocycles. The predicted octanol–water partition coefficient (Wildman–Crippen LogP) is 4.91. The van der Waals surface area contributed by atoms with Crippen LogP contribution in [0.2, 0.25) is 0 Å². The van der Waals surface area contributed by atoms with E-state index in [1.54, 1.807) is 86.6 Å². The number of amides is 4. The molecule has 3 aromatic carbocycles. The topological polar surface area (TPSA) is 93.2 Å². The first kappa shape index (κ1) is 22.8. The molecule has 36 heavy (non-hydrogen) atoms. The van der Waals surface area contributed by atoms with E-state index in [1.165, 1.54) is 12.2 Å². The van der Waals surface area contributed by atoms with Crippen LogP contribution in [-0.4, -0.2) is 23.6 Å². The molecule has 0 saturated carbocycles. The van der Waals surface area contributed by atoms with Gasteiger partial charge in [0.2, 0.25) is 0 Å². The first-order valence-electron chi connectivity index (χ1n) is 11.1. The smallest absolute Gasteiger partial charge is 0.261 e. The lowest BCUT2D eigenvalue weighted by Gasteiger charge is -2.16. The lowest BCUT2D eigenvalue weighted by Crippen LogP contribution is -2.30. The maximum atomic E-state index is 12.3. The molecule has 3 aromatic rings. The Kier molecular flexibility index (Phi) is 5.69. The molecule has 0 spiro atoms. The molecule has 0 bridgehead atoms. The molecule has 2 heterocycles. The molecule has 0 aromatic heterocycles. The standard InChI is InChI=1S/C28H20N2O6/c1-17-13-25(31)29(27(17)33)19-5-3-7-23(15-19)35-21-9-11-22(12-10-21)36-24-8-4-6-20(16-24)30-26(32)14-18(2)28(30)34/h3-16H,1-2H3. The summed E-state index contributed by atoms with van der Waals surface area (Å²) < 4.78 is 11.8. The molecular formula is C28H20N2O6. The number of rotatable bonds is 6. The van der Waals surface area contributed by atoms with Gasteiger partial charge in [-0.1, -0.05) is 12.1 Å². The molecule has 8 heteroatoms. The first-order chi connectivity index (χ1) is 17.3. The third kappa shape index (κ3) is 4.27. The summed E-state index contributed by atoms with van der Waals surface area (Å²) in [6.45, 7) is 3.20. The number of hydrogen-bond acceptors (Lipinski definition) is 6. The molecule has 0 saturated heterocycles. The highest BCUT2D eigenvalue weighted by Gasteiger charge is 2.31. The van der Waals surface area contributed by atoms with Crippen molar-refractivity contribution < 1.29 is 28.7 Å². The third-order valence-corrected chi connectivity index (χ3v) is 5.65. The number of carbonyl (C=O) groups is 4. The zero-order valence-electron chi connectivity index (χ0n) is 19.4. The van der Waals surface area contributed by atoms with Crippen LogP contribution in [0.3, 0.4) is 0 Å². The summed E-state index contributed by atoms with van der Waals surface area (Å²) in [5.74, 6) is 0.494. The van der Waals surface area contributed by atoms with E-state index in [0.717, 1.165) is 9.80 Å². The fourth-order valence-corrected chi connectivity index (χ4v) is 3.88. The van der Waals surface area contributed by atoms with E-state index >= 15 is 0 Å². The Labute approximate surface area is 206 Å². The van der Waals surface area contributed by atoms with Gasteiger partial charge in [-0.2, -0.15) is 0 Å². The van der Waals surface area contributed by atoms with Gasteiger partial charge in [-0.25, -0.2) is 9.80 Å². The second-order valence-corrected chi connectivity index (χ2v) is 8.28. The van der Waals surface area contributed by atoms with Crippen molar-refractivity contribution in [3.63, 3.8) is 0 Å². The highest BCUT2D eigenvalue weighted by Crippen LogP contribution is 2.32. The zero-order valence-corrected chi connectivity index (χ0v) is 19.4. The van der Waals surface area contributed by atoms with Crippen molar-refractivity contribution in [3.8, 4) is 23.0 Å². The Bertz CT molecular complexity index is 1370. The zero-order chi connectivity index (χ0) is 25.4. The van der Waals surface area contributed by atoms with Gasteiger partial charge in [-0.15, -0.1) is 0 Å². The number of ether oxygens (including phenoxy) is 2. The normalized spacial score (nSPS) is 15.4. The lowest BCUT2D eigenvalue weighted by atomic mass is 10.2. The molecule has 0 fully saturated rings. The number of carbonyl (C=O) groups excluding carboxylic acids is 4. The summed E-state index contributed by atoms with van der Waals surface area (Å²) in [5.41, 5.74) is 1.63. The van der Waals surface area contributed by atoms with Crippen LogP contribution < -0.4 is 19.3 Å². The van der Waals surface area contributed by atoms with Crippen molar-refractivity contribution in [2.75, 3.05) is 9.80 Å². The Morgan fingerprint density at radius 3 is 1.25 bits per heavy atom. The van der Waals surface area contributed by atoms with Gasteiger partial charge in [0.25, 0.3) is 23.6 Å². The van der Waals surface area contributed by atoms with E-state index in [9.17, 15) is 19.2 Å². The van der Waals surface area contributed by atoms with E-state index in [-0.39, 0.29) is 23.6 Å². The number of hydrogen-bond donors (Lipinski definition) is 0. The minimum absolute atomic E-state index is 0.354. The maximum absolute atomic E-state index is 12.3. The van der Waals surface area contributed by atoms with Gasteiger partial charge in [0, 0.05) is 35.4 Å². The number of benzene rings is 3. The number of anilines is 2. The molecular weight excluding hydrogens is 460 g/mol. The molecule has 8 nitrogen and oxygen atoms in total. The fraction of sp³-hybridized carbons (Fsp3) is 0.0714. The van der Waals surface area contributed by atoms with Gasteiger partial charge in [0.05, 0.1) is 11.4 Å². The molecule has 4 amide bonds. The van der Waals surface area contributed by atoms with Gasteiger partial charge in [-0.3, -0.25) is 19.2 Å². The highest BCUT2D eigenvalue weighted by molar-refractivity contribution is 6.31. The molecule has 0 unspecified atom stereocenters. The van der Waals surface area contributed by atoms with Crippen LogP contribution >= 0.6 is 0 Å². The molecule has 0 atom stereocenters. The van der Waals surface area contributed by atoms with Gasteiger partial charge in [0.15, 0.2) is 0 Å². The van der Waals surface area contributed by atoms with Gasteiger partial charge in [0.1, 0.15) is 23.0 Å². The second-order valence-electron chi connectivity index (χ2n) is 8.28. The van der Waals surface area contributed by atoms with Crippen LogP contribution in [0.5, 0.6) is 23.0 Å². The minimum Gasteiger partial charge on any atom is -0.457 e. The van der Waals surface area contributed by atoms with Crippen molar-refractivity contribution >= 4 is 35.0 Å². The summed E-state index contributed by atoms with van der Waals surface area (Å²) in [6, 6.07) is 20.3. The van der Waals surface area contributed by atoms with Crippen molar-refractivity contribution in [3.05, 3.63) is 96.1 Å². The van der Waals surface area contributed by atoms with Crippen LogP contribution in [0.4, 0.5) is 11.4 Å². The summed E-state index contributed by atoms with van der Waals surface area (Å²) >= 11 is 0. The van der Waals surface area contributed by atoms with E-state index in [2.05, 4.69) is 0 Å². The highest BCUT2D eigenvalue weighted by atomic mass is 16.5. The minimum atomic E-state index is -0.384. The summed E-state index contributed by atoms with van der Waals surface area (Å²) in [5, 5.41) is 0. The molecule has 0 aliphatic carbocycles. The first-order valence-corrected chi connectivity index (χ1v) is 11.1. The second kappa shape index (κ2) is 8.99. The Balaban J connectivity index is 1.27. The van der Waals surface area contributed by atoms with Gasteiger partial charge >= 0.3 is 0 Å². The van der Waals surface area contributed by atoms with E-state index < -0.39 is 0 Å². The Morgan fingerprint density at radius 1 is 0.528 bits per heavy atom. The van der Waals surface area contributed by atoms with Crippen molar-refractivity contribution in [1.29, 1.82) is 0 Å². The molecule has 5 rings (SSSR count). The van der Waals surface area contributed by atoms with Crippen molar-refractivity contribution in [2.24, 2.45) is 0 Å². The monoisotopic (exact) mass is 480 g/mol. The maximum Gasteiger partial charge on any atom is 0.261 e. The van der Waals surface area contributed by atoms with Crippen LogP contribution in [-0.2, 0) is 19.2 Å². The lowest BCUT2D eigenvalue weighted by molar-refractivity contribution is -0.121. The summed E-state index contributed by atoms with van der Waals surface area (Å²) in [4.78, 5) is 51.0. The van der Waals surface area contributed by atoms with Gasteiger partial charge < -0.3 is 9.47 Å². The van der Waals surface area contributed by atoms with E-state index in [0.29, 0.717) is 45.5 Å². The SMILES string of the molecule is CC1=CC(=O)N(c2cccc(Oc3ccc(Oc4cccc(N5C(=O)C=C(C)C5=O)c4)cc3)c2)C1=O. The predicted molar refractivity (Wildman–Crippen MR) is 132 cm³/mol. The van der Waals surface area contributed by atoms with Crippen LogP contribution in [0, 0.1) is 0 Å². The molecule has 178 valence electrons. The van der Waals surface area contributed by atoms with Crippen molar-refractivity contribution in [1.82, 2.24) is 0 Å². The quantitative estimate of drug-likeness (QED) is 0.466. The van der Waals surface area contributed by atoms with E-state index in [1.807, 2.05) is 0 Å². The van der Waals surface area contributed by atoms with Crippen molar-refractivity contribution in [2.45, 2.75) is 13.8 Å². The molecule has 0 radical (unpaired) electrons. The average Bonchev–Trinajstić information content (AvgIpc) is 3.26. The summed E-state index contributed by atoms with van der Waals surface area (Å²) in [6.07, 6.45) is 2.62. The summed E-state index contributed by atoms with van der Waals surface area (Å²) in [7, 11) is 0. The van der Waals surface area contributed by atoms with Gasteiger partial charge in [-0.05, 0) is 62.4 Å². The molecule has 0 N–H and O–H groups in total. The number of nitrogens with zero attached hydrogens (tertiary/aromatic N) is 2. The van der Waals surface area contributed by atoms with Crippen LogP contribution in [0.25, 0.3) is 0 Å². The number of imide groups is 2. The Hall–Kier alpha value is -4.98. The van der Waals surface area contributed by atoms with Crippen LogP contribution in [0.15, 0.2) is 96.1 Å². The Morgan fingerprint density at radius 2 is 0.917 bits per heavy atom. The van der Waals surface area contributed by atoms with E-state index in [4.69, 9.17) is 9.47 Å². The fourth-order valence-electron chi connectivity index (χ4n) is 3.88. The van der Waals surface area contributed by atoms with Crippen LogP contribution in [0.1, 0.15) is 13.8 Å². The third-order valence-electron chi connectivity index (χ3n) is 5.65. The largest absolute Gasteiger partial charge is 0.457 e.